The third-order valence-corrected chi connectivity index (χ3v) is 3.26. The Morgan fingerprint density at radius 1 is 1.33 bits per heavy atom. The van der Waals surface area contributed by atoms with E-state index in [1.807, 2.05) is 6.92 Å². The summed E-state index contributed by atoms with van der Waals surface area (Å²) in [5, 5.41) is 0. The van der Waals surface area contributed by atoms with Gasteiger partial charge in [0.15, 0.2) is 0 Å². The van der Waals surface area contributed by atoms with Crippen molar-refractivity contribution >= 4 is 0 Å². The average molecular weight is 258 g/mol. The molecule has 1 aliphatic carbocycles. The molecule has 0 bridgehead atoms. The highest BCUT2D eigenvalue weighted by atomic mass is 19.3. The summed E-state index contributed by atoms with van der Waals surface area (Å²) in [4.78, 5) is 0. The van der Waals surface area contributed by atoms with E-state index in [-0.39, 0.29) is 18.8 Å². The van der Waals surface area contributed by atoms with Crippen LogP contribution in [0.1, 0.15) is 44.1 Å². The Morgan fingerprint density at radius 2 is 2.06 bits per heavy atom. The van der Waals surface area contributed by atoms with Crippen LogP contribution in [0.5, 0.6) is 5.75 Å². The Labute approximate surface area is 105 Å². The first kappa shape index (κ1) is 13.2. The third kappa shape index (κ3) is 2.98. The first-order valence-corrected chi connectivity index (χ1v) is 6.32. The highest BCUT2D eigenvalue weighted by Crippen LogP contribution is 2.50. The maximum Gasteiger partial charge on any atom is 0.249 e. The van der Waals surface area contributed by atoms with Crippen LogP contribution in [-0.2, 0) is 0 Å². The van der Waals surface area contributed by atoms with Gasteiger partial charge < -0.3 is 4.74 Å². The van der Waals surface area contributed by atoms with E-state index in [1.165, 1.54) is 18.2 Å². The van der Waals surface area contributed by atoms with Gasteiger partial charge >= 0.3 is 0 Å². The molecule has 0 unspecified atom stereocenters. The van der Waals surface area contributed by atoms with Crippen LogP contribution < -0.4 is 4.74 Å². The zero-order valence-electron chi connectivity index (χ0n) is 10.4. The SMILES string of the molecule is CCCCOc1ccc(F)cc1C1CC(F)(F)C1. The molecule has 4 heteroatoms. The van der Waals surface area contributed by atoms with Gasteiger partial charge in [-0.25, -0.2) is 13.2 Å². The molecule has 0 amide bonds. The number of halogens is 3. The predicted molar refractivity (Wildman–Crippen MR) is 63.7 cm³/mol. The Hall–Kier alpha value is -1.19. The van der Waals surface area contributed by atoms with E-state index in [2.05, 4.69) is 0 Å². The molecule has 0 radical (unpaired) electrons. The molecule has 0 heterocycles. The van der Waals surface area contributed by atoms with Crippen molar-refractivity contribution in [2.75, 3.05) is 6.61 Å². The van der Waals surface area contributed by atoms with E-state index in [9.17, 15) is 13.2 Å². The van der Waals surface area contributed by atoms with E-state index in [0.717, 1.165) is 12.8 Å². The lowest BCUT2D eigenvalue weighted by atomic mass is 9.76. The van der Waals surface area contributed by atoms with Crippen LogP contribution in [0.3, 0.4) is 0 Å². The second kappa shape index (κ2) is 5.21. The summed E-state index contributed by atoms with van der Waals surface area (Å²) in [5.41, 5.74) is 0.581. The Kier molecular flexibility index (Phi) is 3.83. The number of ether oxygens (including phenoxy) is 1. The monoisotopic (exact) mass is 258 g/mol. The molecule has 2 rings (SSSR count). The van der Waals surface area contributed by atoms with Crippen LogP contribution in [0.4, 0.5) is 13.2 Å². The number of hydrogen-bond donors (Lipinski definition) is 0. The van der Waals surface area contributed by atoms with Gasteiger partial charge in [-0.15, -0.1) is 0 Å². The second-order valence-electron chi connectivity index (χ2n) is 4.85. The summed E-state index contributed by atoms with van der Waals surface area (Å²) in [6, 6.07) is 4.17. The summed E-state index contributed by atoms with van der Waals surface area (Å²) in [7, 11) is 0. The lowest BCUT2D eigenvalue weighted by molar-refractivity contribution is -0.0871. The molecule has 100 valence electrons. The fourth-order valence-corrected chi connectivity index (χ4v) is 2.18. The molecule has 1 fully saturated rings. The fourth-order valence-electron chi connectivity index (χ4n) is 2.18. The molecule has 0 atom stereocenters. The smallest absolute Gasteiger partial charge is 0.249 e. The molecule has 18 heavy (non-hydrogen) atoms. The molecule has 1 aliphatic rings. The Balaban J connectivity index is 2.09. The van der Waals surface area contributed by atoms with E-state index in [1.54, 1.807) is 0 Å². The van der Waals surface area contributed by atoms with Crippen molar-refractivity contribution in [1.82, 2.24) is 0 Å². The van der Waals surface area contributed by atoms with Gasteiger partial charge in [-0.2, -0.15) is 0 Å². The zero-order valence-corrected chi connectivity index (χ0v) is 10.4. The van der Waals surface area contributed by atoms with Gasteiger partial charge in [0, 0.05) is 18.4 Å². The van der Waals surface area contributed by atoms with Gasteiger partial charge in [-0.1, -0.05) is 13.3 Å². The van der Waals surface area contributed by atoms with E-state index >= 15 is 0 Å². The molecule has 0 N–H and O–H groups in total. The Morgan fingerprint density at radius 3 is 2.67 bits per heavy atom. The summed E-state index contributed by atoms with van der Waals surface area (Å²) in [5.74, 6) is -2.74. The maximum absolute atomic E-state index is 13.2. The number of alkyl halides is 2. The molecule has 1 saturated carbocycles. The molecular weight excluding hydrogens is 241 g/mol. The molecule has 0 aliphatic heterocycles. The quantitative estimate of drug-likeness (QED) is 0.706. The Bertz CT molecular complexity index is 410. The van der Waals surface area contributed by atoms with Crippen LogP contribution in [0.2, 0.25) is 0 Å². The van der Waals surface area contributed by atoms with Crippen molar-refractivity contribution in [2.24, 2.45) is 0 Å². The lowest BCUT2D eigenvalue weighted by Gasteiger charge is -2.36. The van der Waals surface area contributed by atoms with Gasteiger partial charge in [-0.3, -0.25) is 0 Å². The van der Waals surface area contributed by atoms with Crippen molar-refractivity contribution in [3.63, 3.8) is 0 Å². The number of benzene rings is 1. The van der Waals surface area contributed by atoms with Crippen LogP contribution in [0.25, 0.3) is 0 Å². The summed E-state index contributed by atoms with van der Waals surface area (Å²) in [6.45, 7) is 2.58. The van der Waals surface area contributed by atoms with Crippen molar-refractivity contribution < 1.29 is 17.9 Å². The van der Waals surface area contributed by atoms with E-state index < -0.39 is 11.7 Å². The number of unbranched alkanes of at least 4 members (excludes halogenated alkanes) is 1. The molecule has 0 aromatic heterocycles. The van der Waals surface area contributed by atoms with Crippen LogP contribution in [0.15, 0.2) is 18.2 Å². The molecule has 1 aromatic rings. The average Bonchev–Trinajstić information content (AvgIpc) is 2.28. The number of hydrogen-bond acceptors (Lipinski definition) is 1. The normalized spacial score (nSPS) is 18.4. The largest absolute Gasteiger partial charge is 0.493 e. The highest BCUT2D eigenvalue weighted by Gasteiger charge is 2.46. The topological polar surface area (TPSA) is 9.23 Å². The van der Waals surface area contributed by atoms with E-state index in [4.69, 9.17) is 4.74 Å². The third-order valence-electron chi connectivity index (χ3n) is 3.26. The highest BCUT2D eigenvalue weighted by molar-refractivity contribution is 5.38. The van der Waals surface area contributed by atoms with E-state index in [0.29, 0.717) is 17.9 Å². The van der Waals surface area contributed by atoms with Gasteiger partial charge in [-0.05, 0) is 30.5 Å². The van der Waals surface area contributed by atoms with Gasteiger partial charge in [0.2, 0.25) is 5.92 Å². The minimum Gasteiger partial charge on any atom is -0.493 e. The van der Waals surface area contributed by atoms with Gasteiger partial charge in [0.05, 0.1) is 6.61 Å². The van der Waals surface area contributed by atoms with Crippen molar-refractivity contribution in [3.05, 3.63) is 29.6 Å². The van der Waals surface area contributed by atoms with Gasteiger partial charge in [0.1, 0.15) is 11.6 Å². The molecule has 1 aromatic carbocycles. The molecular formula is C14H17F3O. The summed E-state index contributed by atoms with van der Waals surface area (Å²) in [6.07, 6.45) is 1.48. The van der Waals surface area contributed by atoms with Crippen LogP contribution in [0, 0.1) is 5.82 Å². The first-order valence-electron chi connectivity index (χ1n) is 6.32. The minimum atomic E-state index is -2.60. The molecule has 0 saturated heterocycles. The first-order chi connectivity index (χ1) is 8.52. The van der Waals surface area contributed by atoms with Crippen LogP contribution in [-0.4, -0.2) is 12.5 Å². The molecule has 1 nitrogen and oxygen atoms in total. The summed E-state index contributed by atoms with van der Waals surface area (Å²) < 4.78 is 44.5. The number of rotatable bonds is 5. The van der Waals surface area contributed by atoms with Crippen molar-refractivity contribution in [2.45, 2.75) is 44.4 Å². The zero-order chi connectivity index (χ0) is 13.2. The van der Waals surface area contributed by atoms with Crippen LogP contribution >= 0.6 is 0 Å². The summed E-state index contributed by atoms with van der Waals surface area (Å²) >= 11 is 0. The fraction of sp³-hybridized carbons (Fsp3) is 0.571. The second-order valence-corrected chi connectivity index (χ2v) is 4.85. The standard InChI is InChI=1S/C14H17F3O/c1-2-3-6-18-13-5-4-11(15)7-12(13)10-8-14(16,17)9-10/h4-5,7,10H,2-3,6,8-9H2,1H3. The van der Waals surface area contributed by atoms with Crippen molar-refractivity contribution in [3.8, 4) is 5.75 Å². The maximum atomic E-state index is 13.2. The predicted octanol–water partition coefficient (Wildman–Crippen LogP) is 4.52. The lowest BCUT2D eigenvalue weighted by Crippen LogP contribution is -2.33. The van der Waals surface area contributed by atoms with Crippen molar-refractivity contribution in [1.29, 1.82) is 0 Å². The molecule has 0 spiro atoms. The van der Waals surface area contributed by atoms with Gasteiger partial charge in [0.25, 0.3) is 0 Å². The minimum absolute atomic E-state index is 0.208.